The van der Waals surface area contributed by atoms with Crippen LogP contribution in [0.4, 0.5) is 0 Å². The first kappa shape index (κ1) is 33.0. The lowest BCUT2D eigenvalue weighted by Crippen LogP contribution is -2.42. The molecule has 2 N–H and O–H groups in total. The Kier molecular flexibility index (Phi) is 10.3. The van der Waals surface area contributed by atoms with Gasteiger partial charge >= 0.3 is 0 Å². The van der Waals surface area contributed by atoms with Gasteiger partial charge in [0.05, 0.1) is 42.7 Å². The molecule has 0 bridgehead atoms. The third-order valence-corrected chi connectivity index (χ3v) is 9.54. The lowest BCUT2D eigenvalue weighted by atomic mass is 9.97. The van der Waals surface area contributed by atoms with E-state index in [2.05, 4.69) is 50.5 Å². The van der Waals surface area contributed by atoms with Crippen molar-refractivity contribution in [2.24, 2.45) is 0 Å². The van der Waals surface area contributed by atoms with E-state index in [0.717, 1.165) is 77.9 Å². The summed E-state index contributed by atoms with van der Waals surface area (Å²) in [5, 5.41) is 12.6. The molecule has 49 heavy (non-hydrogen) atoms. The Morgan fingerprint density at radius 1 is 0.939 bits per heavy atom. The second-order valence-electron chi connectivity index (χ2n) is 12.8. The zero-order valence-corrected chi connectivity index (χ0v) is 27.7. The van der Waals surface area contributed by atoms with Crippen LogP contribution >= 0.6 is 0 Å². The van der Waals surface area contributed by atoms with E-state index in [4.69, 9.17) is 14.2 Å². The maximum atomic E-state index is 13.0. The molecule has 4 atom stereocenters. The fourth-order valence-electron chi connectivity index (χ4n) is 6.92. The molecule has 0 saturated carbocycles. The van der Waals surface area contributed by atoms with Crippen LogP contribution in [0.15, 0.2) is 103 Å². The normalized spacial score (nSPS) is 21.2. The van der Waals surface area contributed by atoms with Gasteiger partial charge in [-0.1, -0.05) is 84.9 Å². The molecule has 2 aliphatic heterocycles. The van der Waals surface area contributed by atoms with Crippen LogP contribution < -0.4 is 5.32 Å². The molecule has 0 unspecified atom stereocenters. The zero-order valence-electron chi connectivity index (χ0n) is 27.7. The highest BCUT2D eigenvalue weighted by molar-refractivity contribution is 5.93. The molecule has 2 saturated heterocycles. The highest BCUT2D eigenvalue weighted by atomic mass is 16.7. The number of nitrogens with zero attached hydrogens (tertiary/aromatic N) is 3. The number of rotatable bonds is 11. The quantitative estimate of drug-likeness (QED) is 0.169. The molecule has 0 aliphatic carbocycles. The van der Waals surface area contributed by atoms with E-state index in [1.54, 1.807) is 7.11 Å². The number of likely N-dealkylation sites (tertiary alicyclic amines) is 1. The van der Waals surface area contributed by atoms with E-state index in [1.807, 2.05) is 66.7 Å². The highest BCUT2D eigenvalue weighted by Crippen LogP contribution is 2.39. The molecule has 5 aromatic rings. The van der Waals surface area contributed by atoms with Crippen LogP contribution in [-0.2, 0) is 27.4 Å². The van der Waals surface area contributed by atoms with Gasteiger partial charge in [0, 0.05) is 38.2 Å². The fourth-order valence-corrected chi connectivity index (χ4v) is 6.92. The smallest absolute Gasteiger partial charge is 0.271 e. The number of carbonyl (C=O) groups is 1. The van der Waals surface area contributed by atoms with Gasteiger partial charge in [-0.05, 0) is 59.3 Å². The van der Waals surface area contributed by atoms with E-state index in [1.165, 1.54) is 6.20 Å². The van der Waals surface area contributed by atoms with Crippen molar-refractivity contribution in [2.75, 3.05) is 26.8 Å². The number of nitrogens with one attached hydrogen (secondary N) is 1. The molecule has 3 heterocycles. The number of hydrogen-bond donors (Lipinski definition) is 2. The second-order valence-corrected chi connectivity index (χ2v) is 12.8. The Balaban J connectivity index is 1.07. The molecular weight excluding hydrogens is 616 g/mol. The van der Waals surface area contributed by atoms with Gasteiger partial charge in [0.15, 0.2) is 6.29 Å². The first-order chi connectivity index (χ1) is 24.1. The van der Waals surface area contributed by atoms with E-state index >= 15 is 0 Å². The maximum Gasteiger partial charge on any atom is 0.271 e. The average Bonchev–Trinajstić information content (AvgIpc) is 3.59. The number of benzene rings is 4. The van der Waals surface area contributed by atoms with Crippen LogP contribution in [0.1, 0.15) is 64.4 Å². The van der Waals surface area contributed by atoms with Crippen molar-refractivity contribution < 1.29 is 24.1 Å². The molecule has 1 amide bonds. The third kappa shape index (κ3) is 7.72. The summed E-state index contributed by atoms with van der Waals surface area (Å²) in [5.74, 6) is -0.271. The summed E-state index contributed by atoms with van der Waals surface area (Å²) < 4.78 is 18.8. The highest BCUT2D eigenvalue weighted by Gasteiger charge is 2.35. The van der Waals surface area contributed by atoms with Crippen LogP contribution in [0.3, 0.4) is 0 Å². The van der Waals surface area contributed by atoms with Crippen molar-refractivity contribution in [3.8, 4) is 11.1 Å². The van der Waals surface area contributed by atoms with Gasteiger partial charge < -0.3 is 24.6 Å². The lowest BCUT2D eigenvalue weighted by molar-refractivity contribution is -0.253. The number of aromatic nitrogens is 2. The summed E-state index contributed by atoms with van der Waals surface area (Å²) in [5.41, 5.74) is 7.67. The zero-order chi connectivity index (χ0) is 33.6. The summed E-state index contributed by atoms with van der Waals surface area (Å²) in [6.07, 6.45) is 3.86. The number of carbonyl (C=O) groups excluding carboxylic acids is 1. The van der Waals surface area contributed by atoms with Crippen LogP contribution in [-0.4, -0.2) is 64.8 Å². The van der Waals surface area contributed by atoms with Crippen LogP contribution in [0, 0.1) is 0 Å². The molecule has 0 spiro atoms. The summed E-state index contributed by atoms with van der Waals surface area (Å²) in [7, 11) is 1.77. The minimum absolute atomic E-state index is 0.0109. The van der Waals surface area contributed by atoms with E-state index in [9.17, 15) is 9.90 Å². The van der Waals surface area contributed by atoms with Crippen LogP contribution in [0.2, 0.25) is 0 Å². The summed E-state index contributed by atoms with van der Waals surface area (Å²) in [6.45, 7) is 2.94. The monoisotopic (exact) mass is 658 g/mol. The molecule has 0 radical (unpaired) electrons. The average molecular weight is 659 g/mol. The predicted octanol–water partition coefficient (Wildman–Crippen LogP) is 6.38. The van der Waals surface area contributed by atoms with Crippen LogP contribution in [0.25, 0.3) is 22.2 Å². The minimum atomic E-state index is -0.531. The molecular formula is C40H42N4O5. The predicted molar refractivity (Wildman–Crippen MR) is 187 cm³/mol. The fraction of sp³-hybridized carbons (Fsp3) is 0.325. The minimum Gasteiger partial charge on any atom is -0.392 e. The van der Waals surface area contributed by atoms with Crippen molar-refractivity contribution in [2.45, 2.75) is 57.0 Å². The molecule has 4 aromatic carbocycles. The second kappa shape index (κ2) is 15.4. The molecule has 9 nitrogen and oxygen atoms in total. The van der Waals surface area contributed by atoms with Gasteiger partial charge in [-0.25, -0.2) is 4.98 Å². The summed E-state index contributed by atoms with van der Waals surface area (Å²) in [4.78, 5) is 24.4. The molecule has 9 heteroatoms. The van der Waals surface area contributed by atoms with Crippen molar-refractivity contribution in [3.05, 3.63) is 131 Å². The number of aliphatic hydroxyl groups excluding tert-OH is 1. The topological polar surface area (TPSA) is 106 Å². The van der Waals surface area contributed by atoms with E-state index in [0.29, 0.717) is 18.1 Å². The molecule has 7 rings (SSSR count). The van der Waals surface area contributed by atoms with Gasteiger partial charge in [0.1, 0.15) is 5.69 Å². The number of ether oxygens (including phenoxy) is 3. The third-order valence-electron chi connectivity index (χ3n) is 9.54. The number of fused-ring (bicyclic) bond motifs is 1. The Morgan fingerprint density at radius 2 is 1.69 bits per heavy atom. The van der Waals surface area contributed by atoms with Crippen molar-refractivity contribution in [1.82, 2.24) is 20.2 Å². The van der Waals surface area contributed by atoms with Crippen LogP contribution in [0.5, 0.6) is 0 Å². The molecule has 2 fully saturated rings. The van der Waals surface area contributed by atoms with Crippen molar-refractivity contribution in [1.29, 1.82) is 0 Å². The Morgan fingerprint density at radius 3 is 2.49 bits per heavy atom. The van der Waals surface area contributed by atoms with Gasteiger partial charge in [-0.2, -0.15) is 0 Å². The van der Waals surface area contributed by atoms with Gasteiger partial charge in [0.25, 0.3) is 5.91 Å². The Bertz CT molecular complexity index is 1870. The number of methoxy groups -OCH3 is 1. The summed E-state index contributed by atoms with van der Waals surface area (Å²) in [6, 6.07) is 32.3. The Labute approximate surface area is 286 Å². The van der Waals surface area contributed by atoms with Gasteiger partial charge in [0.2, 0.25) is 0 Å². The van der Waals surface area contributed by atoms with E-state index in [-0.39, 0.29) is 30.4 Å². The molecule has 1 aromatic heterocycles. The number of amides is 1. The van der Waals surface area contributed by atoms with Gasteiger partial charge in [-0.15, -0.1) is 0 Å². The first-order valence-corrected chi connectivity index (χ1v) is 17.0. The Hall–Kier alpha value is -4.51. The molecule has 252 valence electrons. The number of aliphatic hydroxyl groups is 1. The van der Waals surface area contributed by atoms with Crippen molar-refractivity contribution in [3.63, 3.8) is 0 Å². The molecule has 2 aliphatic rings. The van der Waals surface area contributed by atoms with E-state index < -0.39 is 6.29 Å². The maximum absolute atomic E-state index is 13.0. The summed E-state index contributed by atoms with van der Waals surface area (Å²) >= 11 is 0. The lowest BCUT2D eigenvalue weighted by Gasteiger charge is -2.38. The number of hydrogen-bond acceptors (Lipinski definition) is 8. The number of para-hydroxylation sites is 2. The van der Waals surface area contributed by atoms with Crippen molar-refractivity contribution >= 4 is 16.9 Å². The largest absolute Gasteiger partial charge is 0.392 e. The standard InChI is InChI=1S/C40H42N4O5/c1-47-26-32-8-6-20-44(32)24-33-21-38(29-14-12-27(25-45)13-15-29)49-40(48-33)30-18-16-28(17-19-30)34-9-3-2-7-31(34)22-42-39(46)37-23-41-35-10-4-5-11-36(35)43-37/h2-5,7,9-19,23,32-33,38,40,45H,6,8,20-22,24-26H2,1H3,(H,42,46)/t32-,33-,38+,40+/m0/s1. The van der Waals surface area contributed by atoms with Gasteiger partial charge in [-0.3, -0.25) is 14.7 Å². The SMILES string of the molecule is COC[C@@H]1CCCN1C[C@@H]1C[C@H](c2ccc(CO)cc2)O[C@H](c2ccc(-c3ccccc3CNC(=O)c3cnc4ccccc4n3)cc2)O1. The first-order valence-electron chi connectivity index (χ1n) is 17.0.